The topological polar surface area (TPSA) is 90.9 Å². The summed E-state index contributed by atoms with van der Waals surface area (Å²) in [6.07, 6.45) is 0. The minimum absolute atomic E-state index is 0.138. The van der Waals surface area contributed by atoms with E-state index < -0.39 is 11.6 Å². The van der Waals surface area contributed by atoms with Crippen molar-refractivity contribution in [3.63, 3.8) is 0 Å². The molecular formula is C22H12N2O3. The first kappa shape index (κ1) is 17.6. The van der Waals surface area contributed by atoms with Crippen LogP contribution in [0.5, 0.6) is 11.5 Å². The van der Waals surface area contributed by atoms with Gasteiger partial charge in [-0.2, -0.15) is 10.5 Å². The number of carbonyl (C=O) groups excluding carboxylic acids is 2. The van der Waals surface area contributed by atoms with Gasteiger partial charge in [-0.15, -0.1) is 0 Å². The first-order valence-corrected chi connectivity index (χ1v) is 7.99. The Morgan fingerprint density at radius 3 is 1.93 bits per heavy atom. The number of nitriles is 2. The lowest BCUT2D eigenvalue weighted by Crippen LogP contribution is -2.14. The van der Waals surface area contributed by atoms with Gasteiger partial charge >= 0.3 is 0 Å². The molecule has 5 heteroatoms. The Labute approximate surface area is 155 Å². The SMILES string of the molecule is N#Cc1cccc(Oc2ccc(C(=O)C(=O)c3ccccc3)cc2)c1C#N. The fraction of sp³-hybridized carbons (Fsp3) is 0. The highest BCUT2D eigenvalue weighted by Gasteiger charge is 2.18. The van der Waals surface area contributed by atoms with E-state index in [0.29, 0.717) is 11.3 Å². The van der Waals surface area contributed by atoms with Gasteiger partial charge in [0.05, 0.1) is 5.56 Å². The van der Waals surface area contributed by atoms with E-state index in [0.717, 1.165) is 0 Å². The van der Waals surface area contributed by atoms with E-state index in [1.165, 1.54) is 30.3 Å². The number of ether oxygens (including phenoxy) is 1. The summed E-state index contributed by atoms with van der Waals surface area (Å²) in [7, 11) is 0. The summed E-state index contributed by atoms with van der Waals surface area (Å²) in [6.45, 7) is 0. The van der Waals surface area contributed by atoms with Gasteiger partial charge in [-0.1, -0.05) is 36.4 Å². The fourth-order valence-corrected chi connectivity index (χ4v) is 2.48. The lowest BCUT2D eigenvalue weighted by Gasteiger charge is -2.08. The third kappa shape index (κ3) is 3.73. The second-order valence-corrected chi connectivity index (χ2v) is 5.55. The molecule has 3 rings (SSSR count). The van der Waals surface area contributed by atoms with E-state index in [2.05, 4.69) is 0 Å². The number of Topliss-reactive ketones (excluding diaryl/α,β-unsaturated/α-hetero) is 2. The summed E-state index contributed by atoms with van der Waals surface area (Å²) in [6, 6.07) is 23.0. The first-order valence-electron chi connectivity index (χ1n) is 7.99. The predicted octanol–water partition coefficient (Wildman–Crippen LogP) is 4.29. The average Bonchev–Trinajstić information content (AvgIpc) is 2.73. The third-order valence-corrected chi connectivity index (χ3v) is 3.85. The predicted molar refractivity (Wildman–Crippen MR) is 97.5 cm³/mol. The molecule has 0 N–H and O–H groups in total. The summed E-state index contributed by atoms with van der Waals surface area (Å²) < 4.78 is 5.65. The molecule has 128 valence electrons. The molecule has 0 fully saturated rings. The lowest BCUT2D eigenvalue weighted by atomic mass is 10.0. The molecule has 0 spiro atoms. The normalized spacial score (nSPS) is 9.70. The Kier molecular flexibility index (Phi) is 5.07. The van der Waals surface area contributed by atoms with E-state index in [1.807, 2.05) is 12.1 Å². The lowest BCUT2D eigenvalue weighted by molar-refractivity contribution is 0.0817. The van der Waals surface area contributed by atoms with Gasteiger partial charge in [-0.25, -0.2) is 0 Å². The van der Waals surface area contributed by atoms with Crippen molar-refractivity contribution in [1.82, 2.24) is 0 Å². The molecule has 0 bridgehead atoms. The summed E-state index contributed by atoms with van der Waals surface area (Å²) in [5.41, 5.74) is 0.923. The minimum Gasteiger partial charge on any atom is -0.456 e. The molecule has 27 heavy (non-hydrogen) atoms. The molecule has 3 aromatic rings. The van der Waals surface area contributed by atoms with Crippen molar-refractivity contribution in [2.75, 3.05) is 0 Å². The molecule has 5 nitrogen and oxygen atoms in total. The molecule has 0 aromatic heterocycles. The van der Waals surface area contributed by atoms with Crippen molar-refractivity contribution in [2.24, 2.45) is 0 Å². The van der Waals surface area contributed by atoms with Crippen LogP contribution in [0.15, 0.2) is 72.8 Å². The maximum atomic E-state index is 12.3. The van der Waals surface area contributed by atoms with Crippen LogP contribution in [-0.2, 0) is 0 Å². The number of benzene rings is 3. The number of nitrogens with zero attached hydrogens (tertiary/aromatic N) is 2. The molecule has 0 amide bonds. The van der Waals surface area contributed by atoms with Crippen molar-refractivity contribution < 1.29 is 14.3 Å². The fourth-order valence-electron chi connectivity index (χ4n) is 2.48. The van der Waals surface area contributed by atoms with Gasteiger partial charge in [-0.05, 0) is 36.4 Å². The van der Waals surface area contributed by atoms with Crippen LogP contribution in [0.2, 0.25) is 0 Å². The highest BCUT2D eigenvalue weighted by atomic mass is 16.5. The molecule has 0 aliphatic carbocycles. The monoisotopic (exact) mass is 352 g/mol. The van der Waals surface area contributed by atoms with Gasteiger partial charge in [0.25, 0.3) is 0 Å². The molecule has 0 radical (unpaired) electrons. The van der Waals surface area contributed by atoms with Crippen LogP contribution in [0.4, 0.5) is 0 Å². The Bertz CT molecular complexity index is 1090. The van der Waals surface area contributed by atoms with Crippen molar-refractivity contribution in [3.8, 4) is 23.6 Å². The molecular weight excluding hydrogens is 340 g/mol. The van der Waals surface area contributed by atoms with Gasteiger partial charge in [0.15, 0.2) is 0 Å². The summed E-state index contributed by atoms with van der Waals surface area (Å²) in [4.78, 5) is 24.6. The van der Waals surface area contributed by atoms with Crippen molar-refractivity contribution in [1.29, 1.82) is 10.5 Å². The first-order chi connectivity index (χ1) is 13.1. The Morgan fingerprint density at radius 1 is 0.704 bits per heavy atom. The zero-order chi connectivity index (χ0) is 19.2. The average molecular weight is 352 g/mol. The van der Waals surface area contributed by atoms with Gasteiger partial charge in [-0.3, -0.25) is 9.59 Å². The Balaban J connectivity index is 1.81. The van der Waals surface area contributed by atoms with Crippen LogP contribution in [0.1, 0.15) is 31.8 Å². The molecule has 0 unspecified atom stereocenters. The van der Waals surface area contributed by atoms with Gasteiger partial charge in [0.2, 0.25) is 11.6 Å². The molecule has 0 saturated heterocycles. The minimum atomic E-state index is -0.614. The smallest absolute Gasteiger partial charge is 0.233 e. The standard InChI is InChI=1S/C22H12N2O3/c23-13-17-7-4-8-20(19(17)14-24)27-18-11-9-16(10-12-18)22(26)21(25)15-5-2-1-3-6-15/h1-12H. The number of ketones is 2. The summed E-state index contributed by atoms with van der Waals surface area (Å²) in [5.74, 6) is -0.573. The zero-order valence-corrected chi connectivity index (χ0v) is 14.0. The van der Waals surface area contributed by atoms with Crippen LogP contribution in [0.3, 0.4) is 0 Å². The molecule has 0 aliphatic heterocycles. The van der Waals surface area contributed by atoms with Gasteiger partial charge in [0, 0.05) is 11.1 Å². The quantitative estimate of drug-likeness (QED) is 0.505. The van der Waals surface area contributed by atoms with Crippen LogP contribution < -0.4 is 4.74 Å². The summed E-state index contributed by atoms with van der Waals surface area (Å²) >= 11 is 0. The Hall–Kier alpha value is -4.22. The number of hydrogen-bond donors (Lipinski definition) is 0. The van der Waals surface area contributed by atoms with Crippen LogP contribution in [0, 0.1) is 22.7 Å². The van der Waals surface area contributed by atoms with Crippen molar-refractivity contribution >= 4 is 11.6 Å². The molecule has 0 aliphatic rings. The maximum Gasteiger partial charge on any atom is 0.233 e. The second kappa shape index (κ2) is 7.77. The largest absolute Gasteiger partial charge is 0.456 e. The van der Waals surface area contributed by atoms with E-state index in [-0.39, 0.29) is 22.4 Å². The number of hydrogen-bond acceptors (Lipinski definition) is 5. The van der Waals surface area contributed by atoms with Gasteiger partial charge in [0.1, 0.15) is 29.2 Å². The van der Waals surface area contributed by atoms with Crippen molar-refractivity contribution in [3.05, 3.63) is 95.1 Å². The molecule has 0 saturated carbocycles. The van der Waals surface area contributed by atoms with E-state index >= 15 is 0 Å². The zero-order valence-electron chi connectivity index (χ0n) is 14.0. The van der Waals surface area contributed by atoms with E-state index in [1.54, 1.807) is 42.5 Å². The molecule has 0 heterocycles. The third-order valence-electron chi connectivity index (χ3n) is 3.85. The second-order valence-electron chi connectivity index (χ2n) is 5.55. The van der Waals surface area contributed by atoms with Crippen molar-refractivity contribution in [2.45, 2.75) is 0 Å². The Morgan fingerprint density at radius 2 is 1.33 bits per heavy atom. The molecule has 3 aromatic carbocycles. The van der Waals surface area contributed by atoms with Gasteiger partial charge < -0.3 is 4.74 Å². The van der Waals surface area contributed by atoms with E-state index in [4.69, 9.17) is 10.00 Å². The molecule has 0 atom stereocenters. The van der Waals surface area contributed by atoms with Crippen LogP contribution in [0.25, 0.3) is 0 Å². The van der Waals surface area contributed by atoms with Crippen LogP contribution >= 0.6 is 0 Å². The van der Waals surface area contributed by atoms with E-state index in [9.17, 15) is 14.9 Å². The summed E-state index contributed by atoms with van der Waals surface area (Å²) in [5, 5.41) is 18.3. The number of rotatable bonds is 5. The maximum absolute atomic E-state index is 12.3. The van der Waals surface area contributed by atoms with Crippen LogP contribution in [-0.4, -0.2) is 11.6 Å². The highest BCUT2D eigenvalue weighted by molar-refractivity contribution is 6.49. The highest BCUT2D eigenvalue weighted by Crippen LogP contribution is 2.27. The number of carbonyl (C=O) groups is 2.